The van der Waals surface area contributed by atoms with Gasteiger partial charge in [-0.05, 0) is 24.1 Å². The van der Waals surface area contributed by atoms with E-state index in [9.17, 15) is 4.79 Å². The maximum Gasteiger partial charge on any atom is 0.231 e. The number of benzene rings is 1. The predicted octanol–water partition coefficient (Wildman–Crippen LogP) is 0.279. The zero-order valence-electron chi connectivity index (χ0n) is 9.73. The second-order valence-electron chi connectivity index (χ2n) is 3.94. The minimum atomic E-state index is -0.208. The van der Waals surface area contributed by atoms with Gasteiger partial charge in [-0.2, -0.15) is 0 Å². The molecule has 0 radical (unpaired) electrons. The molecule has 3 N–H and O–H groups in total. The van der Waals surface area contributed by atoms with Crippen LogP contribution in [-0.4, -0.2) is 26.3 Å². The zero-order valence-corrected chi connectivity index (χ0v) is 9.73. The van der Waals surface area contributed by atoms with E-state index in [0.29, 0.717) is 13.0 Å². The Hall–Kier alpha value is -1.75. The first kappa shape index (κ1) is 11.7. The van der Waals surface area contributed by atoms with Crippen LogP contribution in [0.3, 0.4) is 0 Å². The number of carbonyl (C=O) groups excluding carboxylic acids is 1. The highest BCUT2D eigenvalue weighted by atomic mass is 16.7. The summed E-state index contributed by atoms with van der Waals surface area (Å²) in [5.74, 6) is 1.23. The van der Waals surface area contributed by atoms with Gasteiger partial charge in [0.15, 0.2) is 11.5 Å². The first-order valence-electron chi connectivity index (χ1n) is 5.54. The Balaban J connectivity index is 2.10. The van der Waals surface area contributed by atoms with Crippen molar-refractivity contribution in [3.05, 3.63) is 23.8 Å². The van der Waals surface area contributed by atoms with Crippen molar-refractivity contribution in [3.8, 4) is 11.5 Å². The third kappa shape index (κ3) is 2.50. The summed E-state index contributed by atoms with van der Waals surface area (Å²) in [6.07, 6.45) is 0.604. The van der Waals surface area contributed by atoms with Crippen LogP contribution in [0.1, 0.15) is 5.56 Å². The lowest BCUT2D eigenvalue weighted by Gasteiger charge is -2.13. The third-order valence-electron chi connectivity index (χ3n) is 2.82. The Labute approximate surface area is 99.9 Å². The van der Waals surface area contributed by atoms with Crippen LogP contribution in [0.25, 0.3) is 0 Å². The van der Waals surface area contributed by atoms with Crippen LogP contribution in [-0.2, 0) is 11.2 Å². The summed E-state index contributed by atoms with van der Waals surface area (Å²) >= 11 is 0. The van der Waals surface area contributed by atoms with Gasteiger partial charge in [0, 0.05) is 13.6 Å². The summed E-state index contributed by atoms with van der Waals surface area (Å²) < 4.78 is 10.5. The molecule has 2 rings (SSSR count). The van der Waals surface area contributed by atoms with Crippen molar-refractivity contribution in [3.63, 3.8) is 0 Å². The topological polar surface area (TPSA) is 73.6 Å². The Morgan fingerprint density at radius 2 is 2.24 bits per heavy atom. The molecule has 5 heteroatoms. The maximum absolute atomic E-state index is 11.5. The summed E-state index contributed by atoms with van der Waals surface area (Å²) in [7, 11) is 1.62. The molecule has 92 valence electrons. The van der Waals surface area contributed by atoms with E-state index in [0.717, 1.165) is 17.1 Å². The van der Waals surface area contributed by atoms with E-state index < -0.39 is 0 Å². The van der Waals surface area contributed by atoms with Crippen molar-refractivity contribution in [1.82, 2.24) is 5.32 Å². The Morgan fingerprint density at radius 1 is 1.47 bits per heavy atom. The normalized spacial score (nSPS) is 14.5. The molecule has 1 aromatic rings. The van der Waals surface area contributed by atoms with Crippen LogP contribution in [0, 0.1) is 5.92 Å². The average Bonchev–Trinajstić information content (AvgIpc) is 2.82. The van der Waals surface area contributed by atoms with Crippen LogP contribution < -0.4 is 20.5 Å². The number of amides is 1. The molecule has 1 amide bonds. The van der Waals surface area contributed by atoms with Gasteiger partial charge in [-0.15, -0.1) is 0 Å². The van der Waals surface area contributed by atoms with Gasteiger partial charge in [0.2, 0.25) is 12.7 Å². The average molecular weight is 236 g/mol. The second kappa shape index (κ2) is 5.05. The Bertz CT molecular complexity index is 420. The molecular weight excluding hydrogens is 220 g/mol. The molecule has 0 aromatic heterocycles. The van der Waals surface area contributed by atoms with Crippen molar-refractivity contribution < 1.29 is 14.3 Å². The molecule has 0 aliphatic carbocycles. The van der Waals surface area contributed by atoms with E-state index >= 15 is 0 Å². The van der Waals surface area contributed by atoms with Crippen LogP contribution in [0.5, 0.6) is 11.5 Å². The Kier molecular flexibility index (Phi) is 3.49. The number of carbonyl (C=O) groups is 1. The zero-order chi connectivity index (χ0) is 12.3. The smallest absolute Gasteiger partial charge is 0.231 e. The minimum absolute atomic E-state index is 0.0369. The van der Waals surface area contributed by atoms with E-state index in [1.807, 2.05) is 18.2 Å². The largest absolute Gasteiger partial charge is 0.454 e. The lowest BCUT2D eigenvalue weighted by molar-refractivity contribution is -0.124. The van der Waals surface area contributed by atoms with Gasteiger partial charge in [-0.1, -0.05) is 6.07 Å². The number of hydrogen-bond donors (Lipinski definition) is 2. The lowest BCUT2D eigenvalue weighted by atomic mass is 9.98. The fraction of sp³-hybridized carbons (Fsp3) is 0.417. The van der Waals surface area contributed by atoms with Crippen molar-refractivity contribution in [2.24, 2.45) is 11.7 Å². The number of fused-ring (bicyclic) bond motifs is 1. The molecule has 17 heavy (non-hydrogen) atoms. The van der Waals surface area contributed by atoms with E-state index in [2.05, 4.69) is 5.32 Å². The molecule has 1 aromatic carbocycles. The van der Waals surface area contributed by atoms with E-state index in [4.69, 9.17) is 15.2 Å². The number of rotatable bonds is 4. The van der Waals surface area contributed by atoms with E-state index in [-0.39, 0.29) is 18.6 Å². The van der Waals surface area contributed by atoms with Crippen LogP contribution >= 0.6 is 0 Å². The quantitative estimate of drug-likeness (QED) is 0.787. The summed E-state index contributed by atoms with van der Waals surface area (Å²) in [5.41, 5.74) is 6.61. The molecule has 5 nitrogen and oxygen atoms in total. The molecule has 1 unspecified atom stereocenters. The molecule has 0 spiro atoms. The van der Waals surface area contributed by atoms with Crippen molar-refractivity contribution in [2.75, 3.05) is 20.4 Å². The minimum Gasteiger partial charge on any atom is -0.454 e. The monoisotopic (exact) mass is 236 g/mol. The first-order chi connectivity index (χ1) is 8.24. The molecule has 1 aliphatic rings. The van der Waals surface area contributed by atoms with Crippen LogP contribution in [0.2, 0.25) is 0 Å². The maximum atomic E-state index is 11.5. The summed E-state index contributed by atoms with van der Waals surface area (Å²) in [6, 6.07) is 5.68. The number of nitrogens with two attached hydrogens (primary N) is 1. The van der Waals surface area contributed by atoms with Gasteiger partial charge in [0.1, 0.15) is 0 Å². The van der Waals surface area contributed by atoms with Crippen LogP contribution in [0.4, 0.5) is 0 Å². The highest BCUT2D eigenvalue weighted by Crippen LogP contribution is 2.33. The second-order valence-corrected chi connectivity index (χ2v) is 3.94. The van der Waals surface area contributed by atoms with Crippen molar-refractivity contribution in [2.45, 2.75) is 6.42 Å². The number of ether oxygens (including phenoxy) is 2. The number of nitrogens with one attached hydrogen (secondary N) is 1. The third-order valence-corrected chi connectivity index (χ3v) is 2.82. The van der Waals surface area contributed by atoms with Gasteiger partial charge in [-0.3, -0.25) is 4.79 Å². The molecule has 0 saturated heterocycles. The van der Waals surface area contributed by atoms with Gasteiger partial charge < -0.3 is 20.5 Å². The molecule has 0 bridgehead atoms. The van der Waals surface area contributed by atoms with Crippen molar-refractivity contribution in [1.29, 1.82) is 0 Å². The highest BCUT2D eigenvalue weighted by molar-refractivity contribution is 5.78. The molecule has 1 aliphatic heterocycles. The first-order valence-corrected chi connectivity index (χ1v) is 5.54. The van der Waals surface area contributed by atoms with E-state index in [1.54, 1.807) is 7.05 Å². The highest BCUT2D eigenvalue weighted by Gasteiger charge is 2.18. The Morgan fingerprint density at radius 3 is 2.94 bits per heavy atom. The molecular formula is C12H16N2O3. The predicted molar refractivity (Wildman–Crippen MR) is 62.9 cm³/mol. The molecule has 0 saturated carbocycles. The van der Waals surface area contributed by atoms with Gasteiger partial charge in [-0.25, -0.2) is 0 Å². The fourth-order valence-electron chi connectivity index (χ4n) is 1.84. The summed E-state index contributed by atoms with van der Waals surface area (Å²) in [4.78, 5) is 11.5. The van der Waals surface area contributed by atoms with Crippen molar-refractivity contribution >= 4 is 5.91 Å². The summed E-state index contributed by atoms with van der Waals surface area (Å²) in [5, 5.41) is 2.61. The lowest BCUT2D eigenvalue weighted by Crippen LogP contribution is -2.34. The molecule has 1 heterocycles. The fourth-order valence-corrected chi connectivity index (χ4v) is 1.84. The SMILES string of the molecule is CNC(=O)C(CN)Cc1ccc2c(c1)OCO2. The van der Waals surface area contributed by atoms with Gasteiger partial charge >= 0.3 is 0 Å². The molecule has 1 atom stereocenters. The summed E-state index contributed by atoms with van der Waals surface area (Å²) in [6.45, 7) is 0.586. The van der Waals surface area contributed by atoms with E-state index in [1.165, 1.54) is 0 Å². The number of hydrogen-bond acceptors (Lipinski definition) is 4. The van der Waals surface area contributed by atoms with Gasteiger partial charge in [0.25, 0.3) is 0 Å². The molecule has 0 fully saturated rings. The van der Waals surface area contributed by atoms with Crippen LogP contribution in [0.15, 0.2) is 18.2 Å². The standard InChI is InChI=1S/C12H16N2O3/c1-14-12(15)9(6-13)4-8-2-3-10-11(5-8)17-7-16-10/h2-3,5,9H,4,6-7,13H2,1H3,(H,14,15). The van der Waals surface area contributed by atoms with Gasteiger partial charge in [0.05, 0.1) is 5.92 Å².